The number of urea groups is 1. The summed E-state index contributed by atoms with van der Waals surface area (Å²) in [4.78, 5) is 37.7. The lowest BCUT2D eigenvalue weighted by atomic mass is 10.1. The summed E-state index contributed by atoms with van der Waals surface area (Å²) in [6.07, 6.45) is 0. The van der Waals surface area contributed by atoms with Gasteiger partial charge in [0.15, 0.2) is 0 Å². The fourth-order valence-electron chi connectivity index (χ4n) is 2.24. The molecule has 2 N–H and O–H groups in total. The van der Waals surface area contributed by atoms with Gasteiger partial charge in [-0.15, -0.1) is 0 Å². The molecular formula is C15H19N3O4. The van der Waals surface area contributed by atoms with Gasteiger partial charge in [0.2, 0.25) is 5.91 Å². The molecule has 0 bridgehead atoms. The second kappa shape index (κ2) is 6.46. The van der Waals surface area contributed by atoms with Crippen molar-refractivity contribution >= 4 is 17.9 Å². The van der Waals surface area contributed by atoms with Crippen LogP contribution in [0.1, 0.15) is 22.8 Å². The van der Waals surface area contributed by atoms with E-state index in [1.807, 2.05) is 6.92 Å². The van der Waals surface area contributed by atoms with Crippen molar-refractivity contribution in [3.8, 4) is 0 Å². The molecule has 1 saturated heterocycles. The smallest absolute Gasteiger partial charge is 0.335 e. The number of rotatable bonds is 3. The summed E-state index contributed by atoms with van der Waals surface area (Å²) in [5, 5.41) is 11.6. The van der Waals surface area contributed by atoms with Gasteiger partial charge < -0.3 is 20.2 Å². The molecule has 1 aliphatic heterocycles. The third-order valence-corrected chi connectivity index (χ3v) is 3.80. The molecule has 1 unspecified atom stereocenters. The van der Waals surface area contributed by atoms with Crippen molar-refractivity contribution in [2.24, 2.45) is 0 Å². The summed E-state index contributed by atoms with van der Waals surface area (Å²) >= 11 is 0. The molecule has 118 valence electrons. The molecule has 22 heavy (non-hydrogen) atoms. The van der Waals surface area contributed by atoms with E-state index in [9.17, 15) is 14.4 Å². The second-order valence-electron chi connectivity index (χ2n) is 5.39. The van der Waals surface area contributed by atoms with E-state index in [1.54, 1.807) is 24.1 Å². The second-order valence-corrected chi connectivity index (χ2v) is 5.39. The average molecular weight is 305 g/mol. The van der Waals surface area contributed by atoms with Gasteiger partial charge in [0.05, 0.1) is 5.56 Å². The van der Waals surface area contributed by atoms with Gasteiger partial charge in [0.25, 0.3) is 0 Å². The number of aromatic carboxylic acids is 1. The molecule has 0 aromatic heterocycles. The number of carbonyl (C=O) groups excluding carboxylic acids is 2. The minimum Gasteiger partial charge on any atom is -0.478 e. The van der Waals surface area contributed by atoms with E-state index in [-0.39, 0.29) is 36.6 Å². The number of likely N-dealkylation sites (N-methyl/N-ethyl adjacent to an activating group) is 1. The lowest BCUT2D eigenvalue weighted by Gasteiger charge is -2.37. The molecule has 0 saturated carbocycles. The molecule has 1 heterocycles. The van der Waals surface area contributed by atoms with Crippen molar-refractivity contribution < 1.29 is 19.5 Å². The van der Waals surface area contributed by atoms with Gasteiger partial charge >= 0.3 is 12.0 Å². The standard InChI is InChI=1S/C15H19N3O4/c1-10-8-18(9-13(19)17(10)2)15(22)16-7-11-3-5-12(6-4-11)14(20)21/h3-6,10H,7-9H2,1-2H3,(H,16,22)(H,20,21). The topological polar surface area (TPSA) is 90.0 Å². The van der Waals surface area contributed by atoms with Gasteiger partial charge in [-0.1, -0.05) is 12.1 Å². The van der Waals surface area contributed by atoms with Crippen molar-refractivity contribution in [3.05, 3.63) is 35.4 Å². The number of hydrogen-bond donors (Lipinski definition) is 2. The van der Waals surface area contributed by atoms with Crippen LogP contribution in [0.5, 0.6) is 0 Å². The Morgan fingerprint density at radius 1 is 1.32 bits per heavy atom. The Morgan fingerprint density at radius 3 is 2.50 bits per heavy atom. The number of hydrogen-bond acceptors (Lipinski definition) is 3. The third kappa shape index (κ3) is 3.55. The van der Waals surface area contributed by atoms with E-state index in [0.29, 0.717) is 6.54 Å². The highest BCUT2D eigenvalue weighted by atomic mass is 16.4. The molecule has 1 atom stereocenters. The number of piperazine rings is 1. The van der Waals surface area contributed by atoms with Crippen LogP contribution in [0.4, 0.5) is 4.79 Å². The van der Waals surface area contributed by atoms with Gasteiger partial charge in [-0.3, -0.25) is 4.79 Å². The summed E-state index contributed by atoms with van der Waals surface area (Å²) in [6.45, 7) is 2.74. The number of carboxylic acids is 1. The lowest BCUT2D eigenvalue weighted by molar-refractivity contribution is -0.135. The first kappa shape index (κ1) is 15.8. The number of carboxylic acid groups (broad SMARTS) is 1. The third-order valence-electron chi connectivity index (χ3n) is 3.80. The molecule has 1 aromatic rings. The van der Waals surface area contributed by atoms with Gasteiger partial charge in [0.1, 0.15) is 6.54 Å². The summed E-state index contributed by atoms with van der Waals surface area (Å²) in [5.74, 6) is -1.07. The molecule has 0 aliphatic carbocycles. The van der Waals surface area contributed by atoms with Crippen molar-refractivity contribution in [3.63, 3.8) is 0 Å². The molecule has 0 spiro atoms. The molecule has 3 amide bonds. The summed E-state index contributed by atoms with van der Waals surface area (Å²) in [6, 6.07) is 5.98. The van der Waals surface area contributed by atoms with Crippen LogP contribution in [0.3, 0.4) is 0 Å². The zero-order chi connectivity index (χ0) is 16.3. The highest BCUT2D eigenvalue weighted by molar-refractivity contribution is 5.87. The van der Waals surface area contributed by atoms with E-state index in [1.165, 1.54) is 17.0 Å². The molecule has 1 aromatic carbocycles. The summed E-state index contributed by atoms with van der Waals surface area (Å²) < 4.78 is 0. The van der Waals surface area contributed by atoms with E-state index < -0.39 is 5.97 Å². The number of benzene rings is 1. The monoisotopic (exact) mass is 305 g/mol. The molecular weight excluding hydrogens is 286 g/mol. The zero-order valence-electron chi connectivity index (χ0n) is 12.6. The SMILES string of the molecule is CC1CN(C(=O)NCc2ccc(C(=O)O)cc2)CC(=O)N1C. The van der Waals surface area contributed by atoms with E-state index in [4.69, 9.17) is 5.11 Å². The van der Waals surface area contributed by atoms with Crippen molar-refractivity contribution in [1.82, 2.24) is 15.1 Å². The zero-order valence-corrected chi connectivity index (χ0v) is 12.6. The minimum atomic E-state index is -0.986. The maximum Gasteiger partial charge on any atom is 0.335 e. The van der Waals surface area contributed by atoms with E-state index in [0.717, 1.165) is 5.56 Å². The lowest BCUT2D eigenvalue weighted by Crippen LogP contribution is -2.57. The van der Waals surface area contributed by atoms with Crippen LogP contribution in [0, 0.1) is 0 Å². The minimum absolute atomic E-state index is 0.0122. The van der Waals surface area contributed by atoms with Crippen molar-refractivity contribution in [1.29, 1.82) is 0 Å². The Kier molecular flexibility index (Phi) is 4.65. The molecule has 0 radical (unpaired) electrons. The number of nitrogens with one attached hydrogen (secondary N) is 1. The molecule has 1 fully saturated rings. The molecule has 7 nitrogen and oxygen atoms in total. The first-order valence-corrected chi connectivity index (χ1v) is 6.99. The highest BCUT2D eigenvalue weighted by Gasteiger charge is 2.29. The predicted octanol–water partition coefficient (Wildman–Crippen LogP) is 0.757. The maximum absolute atomic E-state index is 12.1. The first-order chi connectivity index (χ1) is 10.4. The average Bonchev–Trinajstić information content (AvgIpc) is 2.50. The Labute approximate surface area is 128 Å². The fourth-order valence-corrected chi connectivity index (χ4v) is 2.24. The summed E-state index contributed by atoms with van der Waals surface area (Å²) in [5.41, 5.74) is 1.00. The predicted molar refractivity (Wildman–Crippen MR) is 79.4 cm³/mol. The van der Waals surface area contributed by atoms with Gasteiger partial charge in [-0.25, -0.2) is 9.59 Å². The quantitative estimate of drug-likeness (QED) is 0.862. The Bertz CT molecular complexity index is 585. The maximum atomic E-state index is 12.1. The van der Waals surface area contributed by atoms with Crippen LogP contribution in [0.2, 0.25) is 0 Å². The number of amides is 3. The number of nitrogens with zero attached hydrogens (tertiary/aromatic N) is 2. The normalized spacial score (nSPS) is 18.3. The van der Waals surface area contributed by atoms with Crippen LogP contribution in [0.25, 0.3) is 0 Å². The number of carbonyl (C=O) groups is 3. The van der Waals surface area contributed by atoms with Crippen LogP contribution in [-0.2, 0) is 11.3 Å². The van der Waals surface area contributed by atoms with Gasteiger partial charge in [-0.2, -0.15) is 0 Å². The van der Waals surface area contributed by atoms with Crippen LogP contribution < -0.4 is 5.32 Å². The largest absolute Gasteiger partial charge is 0.478 e. The van der Waals surface area contributed by atoms with E-state index in [2.05, 4.69) is 5.32 Å². The highest BCUT2D eigenvalue weighted by Crippen LogP contribution is 2.09. The summed E-state index contributed by atoms with van der Waals surface area (Å²) in [7, 11) is 1.73. The van der Waals surface area contributed by atoms with E-state index >= 15 is 0 Å². The molecule has 2 rings (SSSR count). The van der Waals surface area contributed by atoms with Crippen LogP contribution in [0.15, 0.2) is 24.3 Å². The van der Waals surface area contributed by atoms with Crippen molar-refractivity contribution in [2.75, 3.05) is 20.1 Å². The fraction of sp³-hybridized carbons (Fsp3) is 0.400. The first-order valence-electron chi connectivity index (χ1n) is 6.99. The molecule has 7 heteroatoms. The Hall–Kier alpha value is -2.57. The van der Waals surface area contributed by atoms with Gasteiger partial charge in [0, 0.05) is 26.2 Å². The van der Waals surface area contributed by atoms with Crippen molar-refractivity contribution in [2.45, 2.75) is 19.5 Å². The van der Waals surface area contributed by atoms with Crippen LogP contribution in [-0.4, -0.2) is 59.0 Å². The Balaban J connectivity index is 1.90. The molecule has 1 aliphatic rings. The Morgan fingerprint density at radius 2 is 1.95 bits per heavy atom. The van der Waals surface area contributed by atoms with Gasteiger partial charge in [-0.05, 0) is 24.6 Å². The van der Waals surface area contributed by atoms with Crippen LogP contribution >= 0.6 is 0 Å².